The number of amides is 1. The van der Waals surface area contributed by atoms with E-state index in [1.54, 1.807) is 29.8 Å². The summed E-state index contributed by atoms with van der Waals surface area (Å²) in [6.45, 7) is 5.71. The summed E-state index contributed by atoms with van der Waals surface area (Å²) in [5.74, 6) is 1.69. The number of hydrogen-bond donors (Lipinski definition) is 1. The van der Waals surface area contributed by atoms with Gasteiger partial charge < -0.3 is 10.1 Å². The zero-order valence-corrected chi connectivity index (χ0v) is 15.9. The Morgan fingerprint density at radius 2 is 2.04 bits per heavy atom. The third-order valence-corrected chi connectivity index (χ3v) is 4.43. The first-order valence-corrected chi connectivity index (χ1v) is 8.59. The van der Waals surface area contributed by atoms with Crippen LogP contribution < -0.4 is 10.1 Å². The smallest absolute Gasteiger partial charge is 0.252 e. The van der Waals surface area contributed by atoms with Gasteiger partial charge in [-0.05, 0) is 51.0 Å². The number of benzene rings is 1. The van der Waals surface area contributed by atoms with Crippen LogP contribution in [0, 0.1) is 20.8 Å². The molecule has 0 aliphatic rings. The Morgan fingerprint density at radius 1 is 1.27 bits per heavy atom. The number of nitrogens with zero attached hydrogens (tertiary/aromatic N) is 4. The molecule has 7 nitrogen and oxygen atoms in total. The van der Waals surface area contributed by atoms with E-state index in [1.165, 1.54) is 0 Å². The molecule has 136 valence electrons. The molecule has 0 saturated heterocycles. The third-order valence-electron chi connectivity index (χ3n) is 4.19. The Kier molecular flexibility index (Phi) is 5.08. The van der Waals surface area contributed by atoms with Gasteiger partial charge in [0.15, 0.2) is 0 Å². The van der Waals surface area contributed by atoms with E-state index >= 15 is 0 Å². The maximum atomic E-state index is 12.4. The second kappa shape index (κ2) is 7.29. The summed E-state index contributed by atoms with van der Waals surface area (Å²) < 4.78 is 6.97. The number of carbonyl (C=O) groups excluding carboxylic acids is 1. The second-order valence-electron chi connectivity index (χ2n) is 6.02. The lowest BCUT2D eigenvalue weighted by Crippen LogP contribution is -2.15. The second-order valence-corrected chi connectivity index (χ2v) is 6.46. The summed E-state index contributed by atoms with van der Waals surface area (Å²) in [6, 6.07) is 5.10. The largest absolute Gasteiger partial charge is 0.495 e. The van der Waals surface area contributed by atoms with Crippen LogP contribution in [-0.2, 0) is 11.2 Å². The van der Waals surface area contributed by atoms with E-state index in [1.807, 2.05) is 20.8 Å². The quantitative estimate of drug-likeness (QED) is 0.742. The molecule has 0 aliphatic carbocycles. The van der Waals surface area contributed by atoms with E-state index in [4.69, 9.17) is 16.3 Å². The lowest BCUT2D eigenvalue weighted by molar-refractivity contribution is -0.116. The van der Waals surface area contributed by atoms with E-state index in [0.29, 0.717) is 40.9 Å². The Labute approximate surface area is 156 Å². The molecular weight excluding hydrogens is 354 g/mol. The number of ether oxygens (including phenoxy) is 1. The molecular formula is C18H20ClN5O2. The van der Waals surface area contributed by atoms with Crippen molar-refractivity contribution in [2.24, 2.45) is 0 Å². The van der Waals surface area contributed by atoms with Crippen LogP contribution in [0.1, 0.15) is 29.2 Å². The van der Waals surface area contributed by atoms with E-state index in [0.717, 1.165) is 17.0 Å². The van der Waals surface area contributed by atoms with Crippen molar-refractivity contribution in [3.8, 4) is 5.75 Å². The van der Waals surface area contributed by atoms with Gasteiger partial charge in [-0.15, -0.1) is 0 Å². The number of carbonyl (C=O) groups is 1. The molecule has 3 rings (SSSR count). The number of aromatic nitrogens is 4. The third kappa shape index (κ3) is 3.62. The van der Waals surface area contributed by atoms with Crippen molar-refractivity contribution >= 4 is 29.0 Å². The zero-order chi connectivity index (χ0) is 18.8. The first-order valence-electron chi connectivity index (χ1n) is 8.22. The van der Waals surface area contributed by atoms with Crippen molar-refractivity contribution in [3.05, 3.63) is 46.0 Å². The molecule has 0 saturated carbocycles. The molecule has 2 heterocycles. The molecule has 0 atom stereocenters. The number of aryl methyl sites for hydroxylation is 3. The number of nitrogens with one attached hydrogen (secondary N) is 1. The molecule has 1 amide bonds. The van der Waals surface area contributed by atoms with Gasteiger partial charge in [0, 0.05) is 22.8 Å². The molecule has 0 radical (unpaired) electrons. The molecule has 0 bridgehead atoms. The molecule has 3 aromatic rings. The van der Waals surface area contributed by atoms with Gasteiger partial charge in [-0.3, -0.25) is 4.79 Å². The van der Waals surface area contributed by atoms with Crippen LogP contribution >= 0.6 is 11.6 Å². The highest BCUT2D eigenvalue weighted by molar-refractivity contribution is 6.31. The summed E-state index contributed by atoms with van der Waals surface area (Å²) in [4.78, 5) is 21.2. The van der Waals surface area contributed by atoms with Gasteiger partial charge in [-0.2, -0.15) is 10.1 Å². The molecule has 0 fully saturated rings. The number of halogens is 1. The topological polar surface area (TPSA) is 81.4 Å². The Hall–Kier alpha value is -2.67. The van der Waals surface area contributed by atoms with Crippen LogP contribution in [0.3, 0.4) is 0 Å². The number of hydrogen-bond acceptors (Lipinski definition) is 5. The summed E-state index contributed by atoms with van der Waals surface area (Å²) in [5.41, 5.74) is 3.35. The van der Waals surface area contributed by atoms with Gasteiger partial charge >= 0.3 is 0 Å². The SMILES string of the molecule is COc1ccc(Cl)cc1NC(=O)CCc1c(C)nc2nc(C)nn2c1C. The predicted molar refractivity (Wildman–Crippen MR) is 99.9 cm³/mol. The number of rotatable bonds is 5. The van der Waals surface area contributed by atoms with Gasteiger partial charge in [0.2, 0.25) is 5.91 Å². The van der Waals surface area contributed by atoms with Crippen molar-refractivity contribution < 1.29 is 9.53 Å². The summed E-state index contributed by atoms with van der Waals surface area (Å²) >= 11 is 6.00. The summed E-state index contributed by atoms with van der Waals surface area (Å²) in [6.07, 6.45) is 0.854. The molecule has 0 aliphatic heterocycles. The minimum atomic E-state index is -0.126. The standard InChI is InChI=1S/C18H20ClN5O2/c1-10-14(11(2)24-18(20-10)21-12(3)23-24)6-8-17(25)22-15-9-13(19)5-7-16(15)26-4/h5,7,9H,6,8H2,1-4H3,(H,22,25). The van der Waals surface area contributed by atoms with Crippen LogP contribution in [0.5, 0.6) is 5.75 Å². The fraction of sp³-hybridized carbons (Fsp3) is 0.333. The minimum Gasteiger partial charge on any atom is -0.495 e. The van der Waals surface area contributed by atoms with Crippen LogP contribution in [0.4, 0.5) is 5.69 Å². The average molecular weight is 374 g/mol. The number of anilines is 1. The Morgan fingerprint density at radius 3 is 2.77 bits per heavy atom. The maximum Gasteiger partial charge on any atom is 0.252 e. The van der Waals surface area contributed by atoms with E-state index in [-0.39, 0.29) is 5.91 Å². The van der Waals surface area contributed by atoms with E-state index in [9.17, 15) is 4.79 Å². The van der Waals surface area contributed by atoms with Crippen LogP contribution in [0.15, 0.2) is 18.2 Å². The van der Waals surface area contributed by atoms with Gasteiger partial charge in [0.1, 0.15) is 11.6 Å². The highest BCUT2D eigenvalue weighted by Gasteiger charge is 2.14. The van der Waals surface area contributed by atoms with Crippen molar-refractivity contribution in [2.45, 2.75) is 33.6 Å². The number of methoxy groups -OCH3 is 1. The Bertz CT molecular complexity index is 983. The molecule has 2 aromatic heterocycles. The molecule has 1 aromatic carbocycles. The average Bonchev–Trinajstić information content (AvgIpc) is 2.95. The van der Waals surface area contributed by atoms with Crippen molar-refractivity contribution in [1.29, 1.82) is 0 Å². The predicted octanol–water partition coefficient (Wildman–Crippen LogP) is 3.28. The monoisotopic (exact) mass is 373 g/mol. The van der Waals surface area contributed by atoms with Crippen molar-refractivity contribution in [2.75, 3.05) is 12.4 Å². The Balaban J connectivity index is 1.76. The molecule has 1 N–H and O–H groups in total. The van der Waals surface area contributed by atoms with Crippen LogP contribution in [0.25, 0.3) is 5.78 Å². The van der Waals surface area contributed by atoms with Gasteiger partial charge in [-0.1, -0.05) is 11.6 Å². The lowest BCUT2D eigenvalue weighted by Gasteiger charge is -2.12. The van der Waals surface area contributed by atoms with Crippen molar-refractivity contribution in [1.82, 2.24) is 19.6 Å². The van der Waals surface area contributed by atoms with E-state index in [2.05, 4.69) is 20.4 Å². The van der Waals surface area contributed by atoms with Gasteiger partial charge in [0.05, 0.1) is 12.8 Å². The van der Waals surface area contributed by atoms with Gasteiger partial charge in [0.25, 0.3) is 5.78 Å². The highest BCUT2D eigenvalue weighted by Crippen LogP contribution is 2.28. The minimum absolute atomic E-state index is 0.126. The summed E-state index contributed by atoms with van der Waals surface area (Å²) in [5, 5.41) is 7.73. The number of fused-ring (bicyclic) bond motifs is 1. The normalized spacial score (nSPS) is 11.0. The lowest BCUT2D eigenvalue weighted by atomic mass is 10.1. The van der Waals surface area contributed by atoms with Crippen molar-refractivity contribution in [3.63, 3.8) is 0 Å². The van der Waals surface area contributed by atoms with Crippen LogP contribution in [-0.4, -0.2) is 32.6 Å². The molecule has 0 unspecified atom stereocenters. The van der Waals surface area contributed by atoms with Crippen LogP contribution in [0.2, 0.25) is 5.02 Å². The first kappa shape index (κ1) is 18.1. The highest BCUT2D eigenvalue weighted by atomic mass is 35.5. The zero-order valence-electron chi connectivity index (χ0n) is 15.1. The van der Waals surface area contributed by atoms with E-state index < -0.39 is 0 Å². The maximum absolute atomic E-state index is 12.4. The molecule has 26 heavy (non-hydrogen) atoms. The summed E-state index contributed by atoms with van der Waals surface area (Å²) in [7, 11) is 1.55. The molecule has 8 heteroatoms. The fourth-order valence-electron chi connectivity index (χ4n) is 2.90. The van der Waals surface area contributed by atoms with Gasteiger partial charge in [-0.25, -0.2) is 9.50 Å². The molecule has 0 spiro atoms. The first-order chi connectivity index (χ1) is 12.4. The fourth-order valence-corrected chi connectivity index (χ4v) is 3.07.